The van der Waals surface area contributed by atoms with Crippen molar-refractivity contribution in [3.05, 3.63) is 23.9 Å². The summed E-state index contributed by atoms with van der Waals surface area (Å²) in [6.45, 7) is 16.9. The maximum absolute atomic E-state index is 4.17. The van der Waals surface area contributed by atoms with E-state index in [1.807, 2.05) is 6.08 Å². The number of azo groups is 1. The molecule has 0 aromatic heterocycles. The van der Waals surface area contributed by atoms with Gasteiger partial charge < -0.3 is 0 Å². The number of hydrogen-bond acceptors (Lipinski definition) is 2. The fourth-order valence-corrected chi connectivity index (χ4v) is 0.885. The first-order chi connectivity index (χ1) is 6.59. The topological polar surface area (TPSA) is 24.7 Å². The molecule has 0 aromatic carbocycles. The van der Waals surface area contributed by atoms with Crippen molar-refractivity contribution >= 4 is 0 Å². The predicted octanol–water partition coefficient (Wildman–Crippen LogP) is 4.60. The van der Waals surface area contributed by atoms with Crippen molar-refractivity contribution in [2.24, 2.45) is 21.1 Å². The van der Waals surface area contributed by atoms with E-state index in [0.717, 1.165) is 11.3 Å². The molecule has 0 heterocycles. The SMILES string of the molecule is C=C(/C=C(\N=N/C)C(C)(C)C)C(C)(C)C. The lowest BCUT2D eigenvalue weighted by Crippen LogP contribution is -2.11. The fourth-order valence-electron chi connectivity index (χ4n) is 0.885. The summed E-state index contributed by atoms with van der Waals surface area (Å²) in [6, 6.07) is 0. The van der Waals surface area contributed by atoms with Crippen molar-refractivity contribution in [2.45, 2.75) is 41.5 Å². The Balaban J connectivity index is 5.12. The molecule has 0 amide bonds. The highest BCUT2D eigenvalue weighted by atomic mass is 15.1. The second kappa shape index (κ2) is 4.73. The second-order valence-electron chi connectivity index (χ2n) is 5.85. The van der Waals surface area contributed by atoms with Gasteiger partial charge in [-0.1, -0.05) is 48.1 Å². The van der Waals surface area contributed by atoms with Crippen LogP contribution < -0.4 is 0 Å². The van der Waals surface area contributed by atoms with Crippen LogP contribution in [-0.4, -0.2) is 7.05 Å². The second-order valence-corrected chi connectivity index (χ2v) is 5.85. The minimum atomic E-state index is 0.00764. The van der Waals surface area contributed by atoms with E-state index >= 15 is 0 Å². The summed E-state index contributed by atoms with van der Waals surface area (Å²) in [7, 11) is 1.69. The zero-order valence-corrected chi connectivity index (χ0v) is 11.2. The monoisotopic (exact) mass is 208 g/mol. The van der Waals surface area contributed by atoms with E-state index in [1.165, 1.54) is 0 Å². The molecule has 0 unspecified atom stereocenters. The van der Waals surface area contributed by atoms with E-state index in [-0.39, 0.29) is 10.8 Å². The average molecular weight is 208 g/mol. The Bertz CT molecular complexity index is 283. The summed E-state index contributed by atoms with van der Waals surface area (Å²) in [5.74, 6) is 0. The Kier molecular flexibility index (Phi) is 4.44. The summed E-state index contributed by atoms with van der Waals surface area (Å²) < 4.78 is 0. The Labute approximate surface area is 94.2 Å². The zero-order chi connectivity index (χ0) is 12.3. The Hall–Kier alpha value is -0.920. The van der Waals surface area contributed by atoms with Crippen LogP contribution in [0.3, 0.4) is 0 Å². The number of hydrogen-bond donors (Lipinski definition) is 0. The molecule has 0 rings (SSSR count). The van der Waals surface area contributed by atoms with E-state index in [9.17, 15) is 0 Å². The highest BCUT2D eigenvalue weighted by Crippen LogP contribution is 2.32. The van der Waals surface area contributed by atoms with Crippen LogP contribution in [-0.2, 0) is 0 Å². The lowest BCUT2D eigenvalue weighted by molar-refractivity contribution is 0.481. The van der Waals surface area contributed by atoms with Crippen LogP contribution in [0.5, 0.6) is 0 Å². The van der Waals surface area contributed by atoms with Gasteiger partial charge in [-0.15, -0.1) is 0 Å². The normalized spacial score (nSPS) is 14.7. The molecule has 0 aliphatic carbocycles. The van der Waals surface area contributed by atoms with Gasteiger partial charge in [0, 0.05) is 12.5 Å². The molecule has 15 heavy (non-hydrogen) atoms. The lowest BCUT2D eigenvalue weighted by Gasteiger charge is -2.23. The van der Waals surface area contributed by atoms with E-state index < -0.39 is 0 Å². The molecule has 0 aromatic rings. The molecule has 0 aliphatic rings. The van der Waals surface area contributed by atoms with Gasteiger partial charge in [-0.3, -0.25) is 0 Å². The molecular weight excluding hydrogens is 184 g/mol. The van der Waals surface area contributed by atoms with Crippen LogP contribution in [0.1, 0.15) is 41.5 Å². The maximum Gasteiger partial charge on any atom is 0.0682 e. The standard InChI is InChI=1S/C13H24N2/c1-10(12(2,3)4)9-11(15-14-8)13(5,6)7/h9H,1H2,2-8H3/b11-9-,15-14-. The van der Waals surface area contributed by atoms with Gasteiger partial charge in [-0.25, -0.2) is 0 Å². The van der Waals surface area contributed by atoms with E-state index in [0.29, 0.717) is 0 Å². The Morgan fingerprint density at radius 3 is 1.73 bits per heavy atom. The quantitative estimate of drug-likeness (QED) is 0.468. The summed E-state index contributed by atoms with van der Waals surface area (Å²) in [4.78, 5) is 0. The first-order valence-corrected chi connectivity index (χ1v) is 5.30. The van der Waals surface area contributed by atoms with Crippen molar-refractivity contribution in [2.75, 3.05) is 7.05 Å². The van der Waals surface area contributed by atoms with Gasteiger partial charge in [-0.2, -0.15) is 10.2 Å². The van der Waals surface area contributed by atoms with Crippen LogP contribution in [0.4, 0.5) is 0 Å². The third-order valence-electron chi connectivity index (χ3n) is 2.25. The van der Waals surface area contributed by atoms with Crippen LogP contribution >= 0.6 is 0 Å². The van der Waals surface area contributed by atoms with Crippen molar-refractivity contribution in [3.63, 3.8) is 0 Å². The molecule has 0 radical (unpaired) electrons. The Morgan fingerprint density at radius 2 is 1.47 bits per heavy atom. The molecule has 0 aliphatic heterocycles. The van der Waals surface area contributed by atoms with Gasteiger partial charge in [0.05, 0.1) is 5.70 Å². The summed E-state index contributed by atoms with van der Waals surface area (Å²) in [5, 5.41) is 8.03. The van der Waals surface area contributed by atoms with Gasteiger partial charge in [0.1, 0.15) is 0 Å². The molecule has 0 atom stereocenters. The van der Waals surface area contributed by atoms with Crippen molar-refractivity contribution in [1.29, 1.82) is 0 Å². The minimum Gasteiger partial charge on any atom is -0.192 e. The molecule has 86 valence electrons. The summed E-state index contributed by atoms with van der Waals surface area (Å²) >= 11 is 0. The maximum atomic E-state index is 4.17. The number of rotatable bonds is 2. The zero-order valence-electron chi connectivity index (χ0n) is 11.2. The largest absolute Gasteiger partial charge is 0.192 e. The van der Waals surface area contributed by atoms with Gasteiger partial charge in [0.25, 0.3) is 0 Å². The van der Waals surface area contributed by atoms with E-state index in [4.69, 9.17) is 0 Å². The van der Waals surface area contributed by atoms with Gasteiger partial charge in [0.15, 0.2) is 0 Å². The molecule has 2 nitrogen and oxygen atoms in total. The van der Waals surface area contributed by atoms with Gasteiger partial charge in [0.2, 0.25) is 0 Å². The van der Waals surface area contributed by atoms with E-state index in [1.54, 1.807) is 7.05 Å². The first kappa shape index (κ1) is 14.1. The molecule has 2 heteroatoms. The predicted molar refractivity (Wildman–Crippen MR) is 66.9 cm³/mol. The average Bonchev–Trinajstić information content (AvgIpc) is 1.99. The van der Waals surface area contributed by atoms with Crippen LogP contribution in [0.15, 0.2) is 34.2 Å². The molecule has 0 bridgehead atoms. The van der Waals surface area contributed by atoms with Gasteiger partial charge >= 0.3 is 0 Å². The number of allylic oxidation sites excluding steroid dienone is 3. The number of nitrogens with zero attached hydrogens (tertiary/aromatic N) is 2. The highest BCUT2D eigenvalue weighted by Gasteiger charge is 2.20. The van der Waals surface area contributed by atoms with Crippen molar-refractivity contribution < 1.29 is 0 Å². The molecule has 0 N–H and O–H groups in total. The van der Waals surface area contributed by atoms with Gasteiger partial charge in [-0.05, 0) is 17.1 Å². The van der Waals surface area contributed by atoms with Crippen LogP contribution in [0.25, 0.3) is 0 Å². The first-order valence-electron chi connectivity index (χ1n) is 5.30. The molecule has 0 fully saturated rings. The molecular formula is C13H24N2. The van der Waals surface area contributed by atoms with E-state index in [2.05, 4.69) is 58.3 Å². The van der Waals surface area contributed by atoms with Crippen molar-refractivity contribution in [3.8, 4) is 0 Å². The minimum absolute atomic E-state index is 0.00764. The van der Waals surface area contributed by atoms with Crippen molar-refractivity contribution in [1.82, 2.24) is 0 Å². The van der Waals surface area contributed by atoms with Crippen LogP contribution in [0, 0.1) is 10.8 Å². The third kappa shape index (κ3) is 4.91. The summed E-state index contributed by atoms with van der Waals surface area (Å²) in [6.07, 6.45) is 2.05. The molecule has 0 saturated carbocycles. The fraction of sp³-hybridized carbons (Fsp3) is 0.692. The summed E-state index contributed by atoms with van der Waals surface area (Å²) in [5.41, 5.74) is 2.15. The smallest absolute Gasteiger partial charge is 0.0682 e. The third-order valence-corrected chi connectivity index (χ3v) is 2.25. The molecule has 0 saturated heterocycles. The highest BCUT2D eigenvalue weighted by molar-refractivity contribution is 5.27. The lowest BCUT2D eigenvalue weighted by atomic mass is 9.84. The van der Waals surface area contributed by atoms with Crippen LogP contribution in [0.2, 0.25) is 0 Å². The Morgan fingerprint density at radius 1 is 1.00 bits per heavy atom. The molecule has 0 spiro atoms.